The fraction of sp³-hybridized carbons (Fsp3) is 0.429. The third-order valence-corrected chi connectivity index (χ3v) is 3.74. The first-order valence-corrected chi connectivity index (χ1v) is 6.79. The van der Waals surface area contributed by atoms with Crippen molar-refractivity contribution in [2.75, 3.05) is 31.3 Å². The molecule has 0 bridgehead atoms. The summed E-state index contributed by atoms with van der Waals surface area (Å²) in [6, 6.07) is 5.47. The Morgan fingerprint density at radius 2 is 2.30 bits per heavy atom. The van der Waals surface area contributed by atoms with E-state index in [1.807, 2.05) is 18.2 Å². The maximum Gasteiger partial charge on any atom is 0.244 e. The minimum Gasteiger partial charge on any atom is -0.399 e. The number of benzene rings is 1. The van der Waals surface area contributed by atoms with Gasteiger partial charge in [0.05, 0.1) is 11.0 Å². The van der Waals surface area contributed by atoms with Crippen molar-refractivity contribution in [3.8, 4) is 0 Å². The molecule has 1 aromatic heterocycles. The van der Waals surface area contributed by atoms with E-state index in [0.29, 0.717) is 5.69 Å². The Hall–Kier alpha value is -2.24. The smallest absolute Gasteiger partial charge is 0.244 e. The average molecular weight is 273 g/mol. The molecule has 106 valence electrons. The summed E-state index contributed by atoms with van der Waals surface area (Å²) in [5.74, 6) is 0.880. The van der Waals surface area contributed by atoms with E-state index in [1.165, 1.54) is 0 Å². The summed E-state index contributed by atoms with van der Waals surface area (Å²) in [5.41, 5.74) is 8.26. The fourth-order valence-corrected chi connectivity index (χ4v) is 2.72. The third kappa shape index (κ3) is 2.07. The first kappa shape index (κ1) is 12.8. The number of imidazole rings is 1. The number of carbonyl (C=O) groups excluding carboxylic acids is 1. The number of hydrogen-bond donors (Lipinski definition) is 2. The molecule has 0 spiro atoms. The zero-order chi connectivity index (χ0) is 14.3. The Labute approximate surface area is 117 Å². The molecule has 3 N–H and O–H groups in total. The molecule has 3 rings (SSSR count). The molecule has 0 radical (unpaired) electrons. The van der Waals surface area contributed by atoms with Crippen LogP contribution >= 0.6 is 0 Å². The molecule has 1 fully saturated rings. The maximum atomic E-state index is 12.2. The molecule has 1 aliphatic heterocycles. The van der Waals surface area contributed by atoms with Crippen molar-refractivity contribution in [3.63, 3.8) is 0 Å². The summed E-state index contributed by atoms with van der Waals surface area (Å²) in [5, 5.41) is 0. The fourth-order valence-electron chi connectivity index (χ4n) is 2.72. The number of carbonyl (C=O) groups is 1. The highest BCUT2D eigenvalue weighted by Gasteiger charge is 2.33. The molecule has 1 saturated heterocycles. The molecule has 6 nitrogen and oxygen atoms in total. The number of nitrogens with zero attached hydrogens (tertiary/aromatic N) is 3. The lowest BCUT2D eigenvalue weighted by Crippen LogP contribution is -2.43. The molecule has 20 heavy (non-hydrogen) atoms. The molecule has 0 saturated carbocycles. The minimum absolute atomic E-state index is 0.122. The van der Waals surface area contributed by atoms with Gasteiger partial charge in [-0.1, -0.05) is 0 Å². The van der Waals surface area contributed by atoms with E-state index >= 15 is 0 Å². The number of aromatic amines is 1. The number of fused-ring (bicyclic) bond motifs is 1. The van der Waals surface area contributed by atoms with Gasteiger partial charge in [0.2, 0.25) is 11.9 Å². The van der Waals surface area contributed by atoms with Gasteiger partial charge in [0, 0.05) is 26.3 Å². The number of H-pyrrole nitrogens is 1. The van der Waals surface area contributed by atoms with Gasteiger partial charge in [-0.2, -0.15) is 0 Å². The Bertz CT molecular complexity index is 648. The van der Waals surface area contributed by atoms with Crippen LogP contribution in [0, 0.1) is 0 Å². The van der Waals surface area contributed by atoms with Crippen LogP contribution in [0.15, 0.2) is 18.2 Å². The number of rotatable bonds is 2. The monoisotopic (exact) mass is 273 g/mol. The van der Waals surface area contributed by atoms with Crippen LogP contribution in [0.3, 0.4) is 0 Å². The van der Waals surface area contributed by atoms with Crippen molar-refractivity contribution in [2.24, 2.45) is 0 Å². The van der Waals surface area contributed by atoms with E-state index in [9.17, 15) is 4.79 Å². The zero-order valence-corrected chi connectivity index (χ0v) is 11.8. The number of aromatic nitrogens is 2. The summed E-state index contributed by atoms with van der Waals surface area (Å²) < 4.78 is 0. The second kappa shape index (κ2) is 4.70. The standard InChI is InChI=1S/C14H19N5O/c1-18(2)13(20)12-4-3-7-19(12)14-16-10-6-5-9(15)8-11(10)17-14/h5-6,8,12H,3-4,7,15H2,1-2H3,(H,16,17). The van der Waals surface area contributed by atoms with Crippen molar-refractivity contribution < 1.29 is 4.79 Å². The SMILES string of the molecule is CN(C)C(=O)C1CCCN1c1nc2ccc(N)cc2[nH]1. The largest absolute Gasteiger partial charge is 0.399 e. The lowest BCUT2D eigenvalue weighted by Gasteiger charge is -2.25. The van der Waals surface area contributed by atoms with Crippen molar-refractivity contribution >= 4 is 28.6 Å². The normalized spacial score (nSPS) is 18.7. The van der Waals surface area contributed by atoms with Gasteiger partial charge in [-0.3, -0.25) is 4.79 Å². The average Bonchev–Trinajstić information content (AvgIpc) is 3.02. The first-order chi connectivity index (χ1) is 9.56. The number of nitrogen functional groups attached to an aromatic ring is 1. The van der Waals surface area contributed by atoms with Crippen LogP contribution in [-0.2, 0) is 4.79 Å². The summed E-state index contributed by atoms with van der Waals surface area (Å²) in [6.07, 6.45) is 1.87. The summed E-state index contributed by atoms with van der Waals surface area (Å²) in [4.78, 5) is 23.8. The number of amides is 1. The predicted molar refractivity (Wildman–Crippen MR) is 79.6 cm³/mol. The lowest BCUT2D eigenvalue weighted by atomic mass is 10.2. The lowest BCUT2D eigenvalue weighted by molar-refractivity contribution is -0.129. The predicted octanol–water partition coefficient (Wildman–Crippen LogP) is 1.20. The quantitative estimate of drug-likeness (QED) is 0.806. The topological polar surface area (TPSA) is 78.2 Å². The number of nitrogens with one attached hydrogen (secondary N) is 1. The highest BCUT2D eigenvalue weighted by Crippen LogP contribution is 2.26. The van der Waals surface area contributed by atoms with Crippen molar-refractivity contribution in [3.05, 3.63) is 18.2 Å². The molecule has 2 heterocycles. The van der Waals surface area contributed by atoms with Gasteiger partial charge in [0.1, 0.15) is 6.04 Å². The number of anilines is 2. The minimum atomic E-state index is -0.122. The molecule has 1 amide bonds. The van der Waals surface area contributed by atoms with E-state index in [4.69, 9.17) is 5.73 Å². The molecular formula is C14H19N5O. The summed E-state index contributed by atoms with van der Waals surface area (Å²) in [7, 11) is 3.58. The van der Waals surface area contributed by atoms with Gasteiger partial charge < -0.3 is 20.5 Å². The molecule has 1 aliphatic rings. The summed E-state index contributed by atoms with van der Waals surface area (Å²) >= 11 is 0. The molecule has 6 heteroatoms. The number of likely N-dealkylation sites (N-methyl/N-ethyl adjacent to an activating group) is 1. The van der Waals surface area contributed by atoms with Gasteiger partial charge in [-0.15, -0.1) is 0 Å². The van der Waals surface area contributed by atoms with Crippen LogP contribution in [0.2, 0.25) is 0 Å². The second-order valence-electron chi connectivity index (χ2n) is 5.42. The van der Waals surface area contributed by atoms with Crippen LogP contribution < -0.4 is 10.6 Å². The third-order valence-electron chi connectivity index (χ3n) is 3.74. The molecule has 1 atom stereocenters. The number of hydrogen-bond acceptors (Lipinski definition) is 4. The van der Waals surface area contributed by atoms with Gasteiger partial charge >= 0.3 is 0 Å². The van der Waals surface area contributed by atoms with E-state index in [2.05, 4.69) is 14.9 Å². The van der Waals surface area contributed by atoms with E-state index in [-0.39, 0.29) is 11.9 Å². The highest BCUT2D eigenvalue weighted by atomic mass is 16.2. The Balaban J connectivity index is 1.95. The van der Waals surface area contributed by atoms with Crippen LogP contribution in [0.5, 0.6) is 0 Å². The highest BCUT2D eigenvalue weighted by molar-refractivity contribution is 5.86. The van der Waals surface area contributed by atoms with Crippen molar-refractivity contribution in [2.45, 2.75) is 18.9 Å². The summed E-state index contributed by atoms with van der Waals surface area (Å²) in [6.45, 7) is 0.847. The van der Waals surface area contributed by atoms with Crippen LogP contribution in [-0.4, -0.2) is 47.5 Å². The Kier molecular flexibility index (Phi) is 3.00. The molecular weight excluding hydrogens is 254 g/mol. The van der Waals surface area contributed by atoms with Crippen LogP contribution in [0.25, 0.3) is 11.0 Å². The van der Waals surface area contributed by atoms with Gasteiger partial charge in [-0.05, 0) is 31.0 Å². The Morgan fingerprint density at radius 3 is 3.05 bits per heavy atom. The van der Waals surface area contributed by atoms with Gasteiger partial charge in [0.15, 0.2) is 0 Å². The van der Waals surface area contributed by atoms with Crippen molar-refractivity contribution in [1.82, 2.24) is 14.9 Å². The van der Waals surface area contributed by atoms with Crippen LogP contribution in [0.1, 0.15) is 12.8 Å². The molecule has 0 aliphatic carbocycles. The van der Waals surface area contributed by atoms with E-state index < -0.39 is 0 Å². The first-order valence-electron chi connectivity index (χ1n) is 6.79. The zero-order valence-electron chi connectivity index (χ0n) is 11.8. The Morgan fingerprint density at radius 1 is 1.50 bits per heavy atom. The molecule has 1 aromatic carbocycles. The number of nitrogens with two attached hydrogens (primary N) is 1. The van der Waals surface area contributed by atoms with Gasteiger partial charge in [0.25, 0.3) is 0 Å². The maximum absolute atomic E-state index is 12.2. The van der Waals surface area contributed by atoms with E-state index in [1.54, 1.807) is 19.0 Å². The van der Waals surface area contributed by atoms with Crippen LogP contribution in [0.4, 0.5) is 11.6 Å². The molecule has 2 aromatic rings. The van der Waals surface area contributed by atoms with Crippen molar-refractivity contribution in [1.29, 1.82) is 0 Å². The second-order valence-corrected chi connectivity index (χ2v) is 5.42. The molecule has 1 unspecified atom stereocenters. The van der Waals surface area contributed by atoms with Gasteiger partial charge in [-0.25, -0.2) is 4.98 Å². The van der Waals surface area contributed by atoms with E-state index in [0.717, 1.165) is 36.4 Å².